The summed E-state index contributed by atoms with van der Waals surface area (Å²) >= 11 is 0. The van der Waals surface area contributed by atoms with Crippen molar-refractivity contribution < 1.29 is 15.3 Å². The van der Waals surface area contributed by atoms with Gasteiger partial charge in [-0.1, -0.05) is 12.2 Å². The van der Waals surface area contributed by atoms with Crippen molar-refractivity contribution in [2.24, 2.45) is 5.73 Å². The molecule has 0 aliphatic heterocycles. The van der Waals surface area contributed by atoms with Crippen molar-refractivity contribution >= 4 is 0 Å². The lowest BCUT2D eigenvalue weighted by molar-refractivity contribution is -0.00627. The quantitative estimate of drug-likeness (QED) is 0.296. The van der Waals surface area contributed by atoms with E-state index < -0.39 is 24.4 Å². The van der Waals surface area contributed by atoms with E-state index in [2.05, 4.69) is 0 Å². The van der Waals surface area contributed by atoms with Crippen LogP contribution in [0.3, 0.4) is 0 Å². The normalized spacial score (nSPS) is 47.6. The average molecular weight is 145 g/mol. The maximum absolute atomic E-state index is 9.03. The molecule has 0 amide bonds. The summed E-state index contributed by atoms with van der Waals surface area (Å²) in [5.74, 6) is 0. The molecule has 4 nitrogen and oxygen atoms in total. The van der Waals surface area contributed by atoms with E-state index in [1.807, 2.05) is 0 Å². The number of aliphatic hydroxyl groups is 3. The number of aliphatic hydroxyl groups excluding tert-OH is 3. The van der Waals surface area contributed by atoms with Gasteiger partial charge >= 0.3 is 0 Å². The Morgan fingerprint density at radius 2 is 1.50 bits per heavy atom. The molecule has 4 heteroatoms. The van der Waals surface area contributed by atoms with Crippen LogP contribution in [-0.2, 0) is 0 Å². The van der Waals surface area contributed by atoms with E-state index in [-0.39, 0.29) is 0 Å². The summed E-state index contributed by atoms with van der Waals surface area (Å²) in [5, 5.41) is 27.0. The molecule has 58 valence electrons. The zero-order valence-electron chi connectivity index (χ0n) is 5.38. The van der Waals surface area contributed by atoms with Crippen LogP contribution in [0.5, 0.6) is 0 Å². The molecule has 0 radical (unpaired) electrons. The SMILES string of the molecule is N[C@@H]1[C@H](O)[C@@H](O)C=C[C@H]1O. The van der Waals surface area contributed by atoms with Crippen LogP contribution in [0.2, 0.25) is 0 Å². The van der Waals surface area contributed by atoms with Gasteiger partial charge in [-0.05, 0) is 0 Å². The summed E-state index contributed by atoms with van der Waals surface area (Å²) in [4.78, 5) is 0. The lowest BCUT2D eigenvalue weighted by atomic mass is 9.95. The minimum atomic E-state index is -1.06. The lowest BCUT2D eigenvalue weighted by Gasteiger charge is -2.28. The third kappa shape index (κ3) is 1.19. The lowest BCUT2D eigenvalue weighted by Crippen LogP contribution is -2.51. The van der Waals surface area contributed by atoms with Gasteiger partial charge in [-0.3, -0.25) is 0 Å². The number of rotatable bonds is 0. The molecular formula is C6H11NO3. The molecule has 0 fully saturated rings. The Hall–Kier alpha value is -0.420. The zero-order valence-corrected chi connectivity index (χ0v) is 5.38. The molecule has 0 aromatic heterocycles. The highest BCUT2D eigenvalue weighted by Crippen LogP contribution is 2.10. The third-order valence-corrected chi connectivity index (χ3v) is 1.64. The van der Waals surface area contributed by atoms with Crippen molar-refractivity contribution in [3.05, 3.63) is 12.2 Å². The Balaban J connectivity index is 2.69. The summed E-state index contributed by atoms with van der Waals surface area (Å²) in [5.41, 5.74) is 5.30. The van der Waals surface area contributed by atoms with Crippen LogP contribution in [0.25, 0.3) is 0 Å². The molecule has 0 unspecified atom stereocenters. The van der Waals surface area contributed by atoms with Crippen LogP contribution in [-0.4, -0.2) is 39.7 Å². The van der Waals surface area contributed by atoms with Crippen molar-refractivity contribution in [3.8, 4) is 0 Å². The van der Waals surface area contributed by atoms with Gasteiger partial charge in [0.25, 0.3) is 0 Å². The monoisotopic (exact) mass is 145 g/mol. The van der Waals surface area contributed by atoms with Crippen LogP contribution >= 0.6 is 0 Å². The van der Waals surface area contributed by atoms with E-state index >= 15 is 0 Å². The van der Waals surface area contributed by atoms with Crippen LogP contribution in [0.15, 0.2) is 12.2 Å². The molecule has 1 rings (SSSR count). The fraction of sp³-hybridized carbons (Fsp3) is 0.667. The highest BCUT2D eigenvalue weighted by molar-refractivity contribution is 5.08. The summed E-state index contributed by atoms with van der Waals surface area (Å²) in [6.07, 6.45) is -0.141. The highest BCUT2D eigenvalue weighted by atomic mass is 16.3. The molecule has 0 aromatic rings. The maximum atomic E-state index is 9.03. The Morgan fingerprint density at radius 1 is 1.00 bits per heavy atom. The van der Waals surface area contributed by atoms with Crippen molar-refractivity contribution in [1.82, 2.24) is 0 Å². The minimum absolute atomic E-state index is 0.778. The first-order valence-electron chi connectivity index (χ1n) is 3.11. The molecule has 0 saturated carbocycles. The van der Waals surface area contributed by atoms with Crippen molar-refractivity contribution in [2.45, 2.75) is 24.4 Å². The molecule has 0 bridgehead atoms. The van der Waals surface area contributed by atoms with E-state index in [0.29, 0.717) is 0 Å². The number of hydrogen-bond acceptors (Lipinski definition) is 4. The van der Waals surface area contributed by atoms with Gasteiger partial charge in [0.05, 0.1) is 18.2 Å². The fourth-order valence-corrected chi connectivity index (χ4v) is 0.900. The molecule has 0 spiro atoms. The third-order valence-electron chi connectivity index (χ3n) is 1.64. The predicted molar refractivity (Wildman–Crippen MR) is 35.1 cm³/mol. The molecule has 4 atom stereocenters. The second-order valence-electron chi connectivity index (χ2n) is 2.43. The molecule has 1 aliphatic rings. The molecule has 0 heterocycles. The van der Waals surface area contributed by atoms with Gasteiger partial charge in [0.1, 0.15) is 6.10 Å². The number of hydrogen-bond donors (Lipinski definition) is 4. The fourth-order valence-electron chi connectivity index (χ4n) is 0.900. The van der Waals surface area contributed by atoms with Crippen LogP contribution in [0, 0.1) is 0 Å². The van der Waals surface area contributed by atoms with Gasteiger partial charge in [0.15, 0.2) is 0 Å². The first-order valence-corrected chi connectivity index (χ1v) is 3.11. The van der Waals surface area contributed by atoms with Gasteiger partial charge < -0.3 is 21.1 Å². The molecule has 0 aromatic carbocycles. The summed E-state index contributed by atoms with van der Waals surface area (Å²) < 4.78 is 0. The first kappa shape index (κ1) is 7.68. The maximum Gasteiger partial charge on any atom is 0.101 e. The van der Waals surface area contributed by atoms with Gasteiger partial charge in [-0.25, -0.2) is 0 Å². The van der Waals surface area contributed by atoms with E-state index in [4.69, 9.17) is 21.1 Å². The highest BCUT2D eigenvalue weighted by Gasteiger charge is 2.29. The van der Waals surface area contributed by atoms with Crippen molar-refractivity contribution in [1.29, 1.82) is 0 Å². The van der Waals surface area contributed by atoms with Crippen molar-refractivity contribution in [3.63, 3.8) is 0 Å². The Bertz CT molecular complexity index is 132. The standard InChI is InChI=1S/C6H11NO3/c7-5-3(8)1-2-4(9)6(5)10/h1-6,8-10H,7H2/t3-,4+,5+,6-/m1/s1. The second-order valence-corrected chi connectivity index (χ2v) is 2.43. The average Bonchev–Trinajstić information content (AvgIpc) is 1.93. The molecular weight excluding hydrogens is 134 g/mol. The van der Waals surface area contributed by atoms with Crippen molar-refractivity contribution in [2.75, 3.05) is 0 Å². The summed E-state index contributed by atoms with van der Waals surface area (Å²) in [7, 11) is 0. The largest absolute Gasteiger partial charge is 0.388 e. The Labute approximate surface area is 58.6 Å². The topological polar surface area (TPSA) is 86.7 Å². The smallest absolute Gasteiger partial charge is 0.101 e. The predicted octanol–water partition coefficient (Wildman–Crippen LogP) is -2.03. The Morgan fingerprint density at radius 3 is 2.00 bits per heavy atom. The molecule has 10 heavy (non-hydrogen) atoms. The van der Waals surface area contributed by atoms with Gasteiger partial charge in [-0.2, -0.15) is 0 Å². The molecule has 1 aliphatic carbocycles. The molecule has 5 N–H and O–H groups in total. The van der Waals surface area contributed by atoms with Gasteiger partial charge in [0, 0.05) is 0 Å². The first-order chi connectivity index (χ1) is 4.63. The summed E-state index contributed by atoms with van der Waals surface area (Å²) in [6, 6.07) is -0.778. The van der Waals surface area contributed by atoms with Gasteiger partial charge in [-0.15, -0.1) is 0 Å². The minimum Gasteiger partial charge on any atom is -0.388 e. The number of nitrogens with two attached hydrogens (primary N) is 1. The van der Waals surface area contributed by atoms with Gasteiger partial charge in [0.2, 0.25) is 0 Å². The Kier molecular flexibility index (Phi) is 2.05. The van der Waals surface area contributed by atoms with Crippen LogP contribution < -0.4 is 5.73 Å². The van der Waals surface area contributed by atoms with E-state index in [1.165, 1.54) is 12.2 Å². The van der Waals surface area contributed by atoms with E-state index in [1.54, 1.807) is 0 Å². The van der Waals surface area contributed by atoms with E-state index in [0.717, 1.165) is 0 Å². The molecule has 0 saturated heterocycles. The van der Waals surface area contributed by atoms with E-state index in [9.17, 15) is 0 Å². The van der Waals surface area contributed by atoms with Crippen LogP contribution in [0.1, 0.15) is 0 Å². The second kappa shape index (κ2) is 2.67. The van der Waals surface area contributed by atoms with Crippen LogP contribution in [0.4, 0.5) is 0 Å². The summed E-state index contributed by atoms with van der Waals surface area (Å²) in [6.45, 7) is 0. The zero-order chi connectivity index (χ0) is 7.72.